The fourth-order valence-electron chi connectivity index (χ4n) is 5.68. The third-order valence-electron chi connectivity index (χ3n) is 7.27. The number of para-hydroxylation sites is 1. The SMILES string of the molecule is C=CC(=O)N1C2COCC1CC(c1[nH]c(N)c(/C=C(\N)c3ccccc3O)c1N1CCOCC1)C2. The molecule has 4 heterocycles. The molecule has 3 saturated heterocycles. The Morgan fingerprint density at radius 2 is 1.83 bits per heavy atom. The van der Waals surface area contributed by atoms with Gasteiger partial charge in [0.15, 0.2) is 0 Å². The molecular formula is C26H33N5O4. The number of nitrogens with zero attached hydrogens (tertiary/aromatic N) is 2. The number of amides is 1. The number of phenolic OH excluding ortho intramolecular Hbond substituents is 1. The van der Waals surface area contributed by atoms with E-state index in [-0.39, 0.29) is 29.7 Å². The van der Waals surface area contributed by atoms with Crippen molar-refractivity contribution in [1.29, 1.82) is 0 Å². The molecular weight excluding hydrogens is 446 g/mol. The number of aromatic amines is 1. The van der Waals surface area contributed by atoms with Gasteiger partial charge in [-0.2, -0.15) is 0 Å². The van der Waals surface area contributed by atoms with Gasteiger partial charge in [-0.1, -0.05) is 18.7 Å². The maximum absolute atomic E-state index is 12.5. The maximum Gasteiger partial charge on any atom is 0.246 e. The molecule has 2 atom stereocenters. The molecule has 0 spiro atoms. The molecule has 35 heavy (non-hydrogen) atoms. The highest BCUT2D eigenvalue weighted by Gasteiger charge is 2.43. The number of anilines is 2. The second-order valence-corrected chi connectivity index (χ2v) is 9.39. The third kappa shape index (κ3) is 4.37. The Labute approximate surface area is 205 Å². The fraction of sp³-hybridized carbons (Fsp3) is 0.423. The molecule has 2 aromatic rings. The number of rotatable bonds is 5. The number of piperidine rings is 1. The van der Waals surface area contributed by atoms with Crippen molar-refractivity contribution in [3.63, 3.8) is 0 Å². The van der Waals surface area contributed by atoms with Gasteiger partial charge in [0.25, 0.3) is 0 Å². The number of aromatic nitrogens is 1. The number of benzene rings is 1. The minimum atomic E-state index is -0.0415. The second-order valence-electron chi connectivity index (χ2n) is 9.39. The van der Waals surface area contributed by atoms with Gasteiger partial charge in [0.1, 0.15) is 11.6 Å². The molecule has 3 aliphatic rings. The number of carbonyl (C=O) groups excluding carboxylic acids is 1. The van der Waals surface area contributed by atoms with Crippen molar-refractivity contribution in [3.8, 4) is 5.75 Å². The van der Waals surface area contributed by atoms with Gasteiger partial charge in [-0.15, -0.1) is 0 Å². The molecule has 0 aliphatic carbocycles. The number of nitrogens with two attached hydrogens (primary N) is 2. The average Bonchev–Trinajstić information content (AvgIpc) is 3.19. The van der Waals surface area contributed by atoms with Crippen LogP contribution in [0.1, 0.15) is 35.6 Å². The monoisotopic (exact) mass is 479 g/mol. The number of nitrogens with one attached hydrogen (secondary N) is 1. The van der Waals surface area contributed by atoms with E-state index in [2.05, 4.69) is 16.5 Å². The fourth-order valence-corrected chi connectivity index (χ4v) is 5.68. The number of ether oxygens (including phenoxy) is 2. The van der Waals surface area contributed by atoms with Gasteiger partial charge in [-0.25, -0.2) is 0 Å². The average molecular weight is 480 g/mol. The summed E-state index contributed by atoms with van der Waals surface area (Å²) in [6.07, 6.45) is 4.77. The molecule has 3 fully saturated rings. The van der Waals surface area contributed by atoms with Crippen molar-refractivity contribution in [2.45, 2.75) is 30.8 Å². The predicted octanol–water partition coefficient (Wildman–Crippen LogP) is 2.26. The van der Waals surface area contributed by atoms with Crippen LogP contribution in [0.4, 0.5) is 11.5 Å². The first-order valence-corrected chi connectivity index (χ1v) is 12.1. The summed E-state index contributed by atoms with van der Waals surface area (Å²) in [6, 6.07) is 6.98. The summed E-state index contributed by atoms with van der Waals surface area (Å²) in [7, 11) is 0. The first kappa shape index (κ1) is 23.3. The Kier molecular flexibility index (Phi) is 6.44. The highest BCUT2D eigenvalue weighted by Crippen LogP contribution is 2.44. The molecule has 5 rings (SSSR count). The number of hydrogen-bond donors (Lipinski definition) is 4. The van der Waals surface area contributed by atoms with E-state index < -0.39 is 0 Å². The van der Waals surface area contributed by atoms with E-state index in [1.807, 2.05) is 17.0 Å². The van der Waals surface area contributed by atoms with Crippen LogP contribution in [0, 0.1) is 0 Å². The molecule has 2 bridgehead atoms. The highest BCUT2D eigenvalue weighted by atomic mass is 16.5. The number of fused-ring (bicyclic) bond motifs is 2. The first-order valence-electron chi connectivity index (χ1n) is 12.1. The quantitative estimate of drug-likeness (QED) is 0.484. The maximum atomic E-state index is 12.5. The molecule has 0 saturated carbocycles. The van der Waals surface area contributed by atoms with Crippen molar-refractivity contribution in [2.75, 3.05) is 50.2 Å². The van der Waals surface area contributed by atoms with E-state index in [0.717, 1.165) is 42.9 Å². The Morgan fingerprint density at radius 3 is 2.49 bits per heavy atom. The molecule has 2 unspecified atom stereocenters. The van der Waals surface area contributed by atoms with E-state index in [1.165, 1.54) is 6.08 Å². The van der Waals surface area contributed by atoms with E-state index in [4.69, 9.17) is 20.9 Å². The third-order valence-corrected chi connectivity index (χ3v) is 7.27. The highest BCUT2D eigenvalue weighted by molar-refractivity contribution is 5.91. The van der Waals surface area contributed by atoms with Crippen LogP contribution in [0.25, 0.3) is 11.8 Å². The van der Waals surface area contributed by atoms with E-state index >= 15 is 0 Å². The van der Waals surface area contributed by atoms with Gasteiger partial charge in [0.2, 0.25) is 5.91 Å². The molecule has 3 aliphatic heterocycles. The number of phenols is 1. The zero-order valence-electron chi connectivity index (χ0n) is 19.8. The van der Waals surface area contributed by atoms with Crippen LogP contribution in [-0.2, 0) is 14.3 Å². The standard InChI is InChI=1S/C26H33N5O4/c1-2-23(33)31-17-11-16(12-18(31)15-35-14-17)24-25(30-7-9-34-10-8-30)20(26(28)29-24)13-21(27)19-5-3-4-6-22(19)32/h2-6,13,16-18,29,32H,1,7-12,14-15,27-28H2/b21-13-. The predicted molar refractivity (Wildman–Crippen MR) is 136 cm³/mol. The van der Waals surface area contributed by atoms with Crippen LogP contribution >= 0.6 is 0 Å². The molecule has 186 valence electrons. The van der Waals surface area contributed by atoms with Gasteiger partial charge in [0.05, 0.1) is 44.2 Å². The lowest BCUT2D eigenvalue weighted by molar-refractivity contribution is -0.146. The summed E-state index contributed by atoms with van der Waals surface area (Å²) in [6.45, 7) is 7.46. The normalized spacial score (nSPS) is 24.9. The summed E-state index contributed by atoms with van der Waals surface area (Å²) in [5.74, 6) is 0.790. The zero-order chi connectivity index (χ0) is 24.5. The number of morpholine rings is 2. The number of aromatic hydroxyl groups is 1. The summed E-state index contributed by atoms with van der Waals surface area (Å²) in [5, 5.41) is 10.3. The van der Waals surface area contributed by atoms with Gasteiger partial charge in [-0.3, -0.25) is 4.79 Å². The van der Waals surface area contributed by atoms with Crippen molar-refractivity contribution < 1.29 is 19.4 Å². The zero-order valence-corrected chi connectivity index (χ0v) is 19.8. The Balaban J connectivity index is 1.55. The minimum absolute atomic E-state index is 0.00890. The van der Waals surface area contributed by atoms with Gasteiger partial charge in [0, 0.05) is 41.5 Å². The Bertz CT molecular complexity index is 1120. The van der Waals surface area contributed by atoms with E-state index in [9.17, 15) is 9.90 Å². The Morgan fingerprint density at radius 1 is 1.14 bits per heavy atom. The lowest BCUT2D eigenvalue weighted by Crippen LogP contribution is -2.58. The topological polar surface area (TPSA) is 130 Å². The number of hydrogen-bond acceptors (Lipinski definition) is 7. The lowest BCUT2D eigenvalue weighted by Gasteiger charge is -2.48. The van der Waals surface area contributed by atoms with Crippen molar-refractivity contribution >= 4 is 29.2 Å². The van der Waals surface area contributed by atoms with Crippen LogP contribution in [0.5, 0.6) is 5.75 Å². The van der Waals surface area contributed by atoms with Crippen LogP contribution in [-0.4, -0.2) is 72.5 Å². The molecule has 0 radical (unpaired) electrons. The van der Waals surface area contributed by atoms with Gasteiger partial charge >= 0.3 is 0 Å². The summed E-state index contributed by atoms with van der Waals surface area (Å²) < 4.78 is 11.4. The van der Waals surface area contributed by atoms with Gasteiger partial charge < -0.3 is 40.8 Å². The Hall–Kier alpha value is -3.43. The largest absolute Gasteiger partial charge is 0.507 e. The van der Waals surface area contributed by atoms with Crippen molar-refractivity contribution in [2.24, 2.45) is 5.73 Å². The molecule has 1 aromatic carbocycles. The number of nitrogen functional groups attached to an aromatic ring is 1. The van der Waals surface area contributed by atoms with Crippen molar-refractivity contribution in [3.05, 3.63) is 53.7 Å². The van der Waals surface area contributed by atoms with Crippen molar-refractivity contribution in [1.82, 2.24) is 9.88 Å². The number of H-pyrrole nitrogens is 1. The molecule has 1 aromatic heterocycles. The van der Waals surface area contributed by atoms with Gasteiger partial charge in [-0.05, 0) is 37.1 Å². The van der Waals surface area contributed by atoms with E-state index in [0.29, 0.717) is 43.5 Å². The van der Waals surface area contributed by atoms with Crippen LogP contribution in [0.2, 0.25) is 0 Å². The molecule has 1 amide bonds. The first-order chi connectivity index (χ1) is 17.0. The number of carbonyl (C=O) groups is 1. The summed E-state index contributed by atoms with van der Waals surface area (Å²) in [4.78, 5) is 20.2. The summed E-state index contributed by atoms with van der Waals surface area (Å²) in [5.41, 5.74) is 16.9. The smallest absolute Gasteiger partial charge is 0.246 e. The minimum Gasteiger partial charge on any atom is -0.507 e. The molecule has 9 nitrogen and oxygen atoms in total. The van der Waals surface area contributed by atoms with E-state index in [1.54, 1.807) is 18.2 Å². The lowest BCUT2D eigenvalue weighted by atomic mass is 9.82. The van der Waals surface area contributed by atoms with Crippen LogP contribution in [0.3, 0.4) is 0 Å². The second kappa shape index (κ2) is 9.67. The van der Waals surface area contributed by atoms with Crippen LogP contribution in [0.15, 0.2) is 36.9 Å². The van der Waals surface area contributed by atoms with Crippen LogP contribution < -0.4 is 16.4 Å². The summed E-state index contributed by atoms with van der Waals surface area (Å²) >= 11 is 0. The molecule has 9 heteroatoms. The molecule has 6 N–H and O–H groups in total.